The van der Waals surface area contributed by atoms with Crippen LogP contribution in [0.4, 0.5) is 0 Å². The van der Waals surface area contributed by atoms with Gasteiger partial charge in [-0.15, -0.1) is 0 Å². The number of rotatable bonds is 2. The summed E-state index contributed by atoms with van der Waals surface area (Å²) in [6.07, 6.45) is 5.60. The van der Waals surface area contributed by atoms with E-state index < -0.39 is 0 Å². The maximum atomic E-state index is 11.6. The minimum atomic E-state index is 0.196. The van der Waals surface area contributed by atoms with Gasteiger partial charge >= 0.3 is 0 Å². The number of Topliss-reactive ketones (excluding diaryl/α,β-unsaturated/α-hetero) is 2. The molecule has 0 aromatic rings. The molecule has 0 heterocycles. The van der Waals surface area contributed by atoms with Crippen molar-refractivity contribution in [1.82, 2.24) is 0 Å². The monoisotopic (exact) mass is 194 g/mol. The summed E-state index contributed by atoms with van der Waals surface area (Å²) in [5, 5.41) is 0. The molecule has 2 heteroatoms. The van der Waals surface area contributed by atoms with Crippen molar-refractivity contribution in [3.63, 3.8) is 0 Å². The zero-order chi connectivity index (χ0) is 10.1. The van der Waals surface area contributed by atoms with Crippen molar-refractivity contribution in [1.29, 1.82) is 0 Å². The van der Waals surface area contributed by atoms with Crippen LogP contribution < -0.4 is 0 Å². The summed E-state index contributed by atoms with van der Waals surface area (Å²) in [4.78, 5) is 23.1. The molecule has 0 amide bonds. The quantitative estimate of drug-likeness (QED) is 0.676. The van der Waals surface area contributed by atoms with Crippen LogP contribution in [0.25, 0.3) is 0 Å². The number of carbonyl (C=O) groups excluding carboxylic acids is 2. The van der Waals surface area contributed by atoms with Crippen molar-refractivity contribution in [3.05, 3.63) is 0 Å². The molecule has 2 rings (SSSR count). The second-order valence-electron chi connectivity index (χ2n) is 4.79. The van der Waals surface area contributed by atoms with E-state index in [2.05, 4.69) is 6.92 Å². The molecule has 0 spiro atoms. The van der Waals surface area contributed by atoms with Crippen molar-refractivity contribution in [3.8, 4) is 0 Å². The Morgan fingerprint density at radius 1 is 1.00 bits per heavy atom. The summed E-state index contributed by atoms with van der Waals surface area (Å²) >= 11 is 0. The van der Waals surface area contributed by atoms with Crippen molar-refractivity contribution >= 4 is 11.6 Å². The van der Waals surface area contributed by atoms with Gasteiger partial charge in [-0.3, -0.25) is 9.59 Å². The van der Waals surface area contributed by atoms with E-state index in [-0.39, 0.29) is 11.8 Å². The molecule has 0 radical (unpaired) electrons. The second kappa shape index (κ2) is 3.84. The zero-order valence-electron chi connectivity index (χ0n) is 8.79. The minimum absolute atomic E-state index is 0.196. The molecule has 14 heavy (non-hydrogen) atoms. The molecule has 0 N–H and O–H groups in total. The topological polar surface area (TPSA) is 34.1 Å². The lowest BCUT2D eigenvalue weighted by atomic mass is 9.80. The van der Waals surface area contributed by atoms with E-state index in [1.807, 2.05) is 0 Å². The molecule has 0 aliphatic heterocycles. The first-order chi connectivity index (χ1) is 6.70. The van der Waals surface area contributed by atoms with E-state index in [0.717, 1.165) is 38.5 Å². The Morgan fingerprint density at radius 3 is 1.71 bits per heavy atom. The highest BCUT2D eigenvalue weighted by Crippen LogP contribution is 2.38. The molecule has 1 unspecified atom stereocenters. The Morgan fingerprint density at radius 2 is 1.43 bits per heavy atom. The van der Waals surface area contributed by atoms with Gasteiger partial charge in [0.05, 0.1) is 0 Å². The van der Waals surface area contributed by atoms with E-state index >= 15 is 0 Å². The van der Waals surface area contributed by atoms with Gasteiger partial charge < -0.3 is 0 Å². The standard InChI is InChI=1S/C12H18O2/c1-8(9-4-2-6-11(9)13)10-5-3-7-12(10)14/h8-10H,2-7H2,1H3/t8?,9-,10+. The van der Waals surface area contributed by atoms with Gasteiger partial charge in [0.2, 0.25) is 0 Å². The average molecular weight is 194 g/mol. The van der Waals surface area contributed by atoms with Gasteiger partial charge in [0.25, 0.3) is 0 Å². The molecule has 0 aromatic heterocycles. The molecule has 2 fully saturated rings. The first-order valence-electron chi connectivity index (χ1n) is 5.75. The van der Waals surface area contributed by atoms with Crippen molar-refractivity contribution in [2.75, 3.05) is 0 Å². The van der Waals surface area contributed by atoms with E-state index in [1.54, 1.807) is 0 Å². The average Bonchev–Trinajstić information content (AvgIpc) is 2.73. The fraction of sp³-hybridized carbons (Fsp3) is 0.833. The van der Waals surface area contributed by atoms with Crippen LogP contribution in [0.3, 0.4) is 0 Å². The lowest BCUT2D eigenvalue weighted by Crippen LogP contribution is -2.26. The molecule has 2 aliphatic rings. The summed E-state index contributed by atoms with van der Waals surface area (Å²) in [5.74, 6) is 1.50. The SMILES string of the molecule is CC([C@@H]1CCCC1=O)[C@H]1CCCC1=O. The molecular formula is C12H18O2. The number of ketones is 2. The normalized spacial score (nSPS) is 35.2. The van der Waals surface area contributed by atoms with Crippen molar-refractivity contribution < 1.29 is 9.59 Å². The summed E-state index contributed by atoms with van der Waals surface area (Å²) in [7, 11) is 0. The Kier molecular flexibility index (Phi) is 2.71. The summed E-state index contributed by atoms with van der Waals surface area (Å²) in [6.45, 7) is 2.10. The van der Waals surface area contributed by atoms with E-state index in [0.29, 0.717) is 17.5 Å². The third-order valence-electron chi connectivity index (χ3n) is 3.97. The predicted molar refractivity (Wildman–Crippen MR) is 53.9 cm³/mol. The maximum Gasteiger partial charge on any atom is 0.136 e. The molecule has 2 aliphatic carbocycles. The van der Waals surface area contributed by atoms with Crippen LogP contribution in [0.1, 0.15) is 45.4 Å². The zero-order valence-corrected chi connectivity index (χ0v) is 8.79. The van der Waals surface area contributed by atoms with E-state index in [1.165, 1.54) is 0 Å². The molecule has 0 bridgehead atoms. The van der Waals surface area contributed by atoms with Crippen LogP contribution in [0.2, 0.25) is 0 Å². The molecule has 0 aromatic carbocycles. The highest BCUT2D eigenvalue weighted by atomic mass is 16.1. The Labute approximate surface area is 85.1 Å². The molecule has 3 atom stereocenters. The van der Waals surface area contributed by atoms with Gasteiger partial charge in [0.15, 0.2) is 0 Å². The van der Waals surface area contributed by atoms with Gasteiger partial charge in [-0.1, -0.05) is 6.92 Å². The van der Waals surface area contributed by atoms with Crippen molar-refractivity contribution in [2.24, 2.45) is 17.8 Å². The van der Waals surface area contributed by atoms with Crippen LogP contribution in [-0.2, 0) is 9.59 Å². The molecule has 2 nitrogen and oxygen atoms in total. The predicted octanol–water partition coefficient (Wildman–Crippen LogP) is 2.36. The highest BCUT2D eigenvalue weighted by molar-refractivity contribution is 5.86. The Hall–Kier alpha value is -0.660. The minimum Gasteiger partial charge on any atom is -0.299 e. The second-order valence-corrected chi connectivity index (χ2v) is 4.79. The van der Waals surface area contributed by atoms with E-state index in [4.69, 9.17) is 0 Å². The third kappa shape index (κ3) is 1.62. The molecule has 0 saturated heterocycles. The van der Waals surface area contributed by atoms with Crippen LogP contribution in [-0.4, -0.2) is 11.6 Å². The summed E-state index contributed by atoms with van der Waals surface area (Å²) < 4.78 is 0. The third-order valence-corrected chi connectivity index (χ3v) is 3.97. The van der Waals surface area contributed by atoms with Gasteiger partial charge in [0.1, 0.15) is 11.6 Å². The fourth-order valence-corrected chi connectivity index (χ4v) is 3.08. The van der Waals surface area contributed by atoms with Crippen LogP contribution in [0.5, 0.6) is 0 Å². The van der Waals surface area contributed by atoms with Crippen LogP contribution in [0.15, 0.2) is 0 Å². The van der Waals surface area contributed by atoms with Crippen LogP contribution in [0, 0.1) is 17.8 Å². The lowest BCUT2D eigenvalue weighted by Gasteiger charge is -2.22. The number of hydrogen-bond acceptors (Lipinski definition) is 2. The maximum absolute atomic E-state index is 11.6. The smallest absolute Gasteiger partial charge is 0.136 e. The number of hydrogen-bond donors (Lipinski definition) is 0. The Bertz CT molecular complexity index is 231. The lowest BCUT2D eigenvalue weighted by molar-refractivity contribution is -0.125. The number of carbonyl (C=O) groups is 2. The van der Waals surface area contributed by atoms with Gasteiger partial charge in [-0.25, -0.2) is 0 Å². The Balaban J connectivity index is 2.03. The van der Waals surface area contributed by atoms with Gasteiger partial charge in [-0.2, -0.15) is 0 Å². The molecular weight excluding hydrogens is 176 g/mol. The van der Waals surface area contributed by atoms with Gasteiger partial charge in [0, 0.05) is 24.7 Å². The fourth-order valence-electron chi connectivity index (χ4n) is 3.08. The molecule has 78 valence electrons. The van der Waals surface area contributed by atoms with Crippen molar-refractivity contribution in [2.45, 2.75) is 45.4 Å². The summed E-state index contributed by atoms with van der Waals surface area (Å²) in [6, 6.07) is 0. The largest absolute Gasteiger partial charge is 0.299 e. The highest BCUT2D eigenvalue weighted by Gasteiger charge is 2.38. The van der Waals surface area contributed by atoms with E-state index in [9.17, 15) is 9.59 Å². The summed E-state index contributed by atoms with van der Waals surface area (Å²) in [5.41, 5.74) is 0. The van der Waals surface area contributed by atoms with Gasteiger partial charge in [-0.05, 0) is 31.6 Å². The van der Waals surface area contributed by atoms with Crippen LogP contribution >= 0.6 is 0 Å². The first-order valence-corrected chi connectivity index (χ1v) is 5.75. The molecule has 2 saturated carbocycles. The first kappa shape index (κ1) is 9.88.